The van der Waals surface area contributed by atoms with Crippen molar-refractivity contribution in [1.82, 2.24) is 9.13 Å². The van der Waals surface area contributed by atoms with E-state index < -0.39 is 18.0 Å². The second-order valence-corrected chi connectivity index (χ2v) is 5.99. The summed E-state index contributed by atoms with van der Waals surface area (Å²) in [5.41, 5.74) is 11.5. The molecule has 10 nitrogen and oxygen atoms in total. The van der Waals surface area contributed by atoms with Gasteiger partial charge in [-0.2, -0.15) is 0 Å². The molecule has 0 aliphatic carbocycles. The van der Waals surface area contributed by atoms with Crippen LogP contribution in [-0.4, -0.2) is 32.3 Å². The molecule has 0 bridgehead atoms. The van der Waals surface area contributed by atoms with Crippen LogP contribution in [0.4, 0.5) is 9.59 Å². The molecule has 0 spiro atoms. The summed E-state index contributed by atoms with van der Waals surface area (Å²) in [5, 5.41) is 18.5. The molecule has 2 aromatic carbocycles. The standard InChI is InChI=1S/C10H7N3O2.C10H8N2O3/c11-6-15-9-5-13(10(12)14)8-4-2-1-3-7(8)9;11-10(15)12-5-7(9(13)14)6-3-1-2-4-8(6)12/h1-5H,(H2,12,14);1-5H,(H2,11,15)(H,13,14). The molecule has 2 heterocycles. The number of hydrogen-bond donors (Lipinski definition) is 3. The first kappa shape index (κ1) is 20.0. The molecule has 0 aliphatic heterocycles. The van der Waals surface area contributed by atoms with E-state index >= 15 is 0 Å². The van der Waals surface area contributed by atoms with Gasteiger partial charge in [0, 0.05) is 17.0 Å². The first-order chi connectivity index (χ1) is 14.3. The lowest BCUT2D eigenvalue weighted by molar-refractivity contribution is 0.0699. The van der Waals surface area contributed by atoms with E-state index in [0.29, 0.717) is 27.6 Å². The van der Waals surface area contributed by atoms with Crippen molar-refractivity contribution < 1.29 is 24.2 Å². The normalized spacial score (nSPS) is 10.1. The van der Waals surface area contributed by atoms with Gasteiger partial charge in [-0.25, -0.2) is 14.4 Å². The summed E-state index contributed by atoms with van der Waals surface area (Å²) < 4.78 is 7.09. The van der Waals surface area contributed by atoms with Crippen LogP contribution >= 0.6 is 0 Å². The second-order valence-electron chi connectivity index (χ2n) is 5.99. The quantitative estimate of drug-likeness (QED) is 0.433. The van der Waals surface area contributed by atoms with Gasteiger partial charge in [0.1, 0.15) is 0 Å². The van der Waals surface area contributed by atoms with Gasteiger partial charge in [0.15, 0.2) is 5.75 Å². The summed E-state index contributed by atoms with van der Waals surface area (Å²) in [7, 11) is 0. The number of aromatic nitrogens is 2. The first-order valence-corrected chi connectivity index (χ1v) is 8.44. The summed E-state index contributed by atoms with van der Waals surface area (Å²) in [6.07, 6.45) is 4.19. The average Bonchev–Trinajstić information content (AvgIpc) is 3.28. The highest BCUT2D eigenvalue weighted by molar-refractivity contribution is 6.06. The summed E-state index contributed by atoms with van der Waals surface area (Å²) in [4.78, 5) is 33.0. The number of carboxylic acids is 1. The molecule has 150 valence electrons. The minimum atomic E-state index is -1.08. The zero-order valence-electron chi connectivity index (χ0n) is 15.4. The number of primary amides is 2. The number of hydrogen-bond acceptors (Lipinski definition) is 5. The molecule has 2 amide bonds. The monoisotopic (exact) mass is 405 g/mol. The number of nitrogens with two attached hydrogens (primary N) is 2. The van der Waals surface area contributed by atoms with Crippen molar-refractivity contribution in [3.8, 4) is 12.0 Å². The van der Waals surface area contributed by atoms with Gasteiger partial charge >= 0.3 is 18.0 Å². The molecule has 0 aliphatic rings. The number of carboxylic acid groups (broad SMARTS) is 1. The molecular formula is C20H15N5O5. The lowest BCUT2D eigenvalue weighted by Gasteiger charge is -1.96. The number of rotatable bonds is 2. The Balaban J connectivity index is 0.000000171. The van der Waals surface area contributed by atoms with E-state index in [9.17, 15) is 14.4 Å². The van der Waals surface area contributed by atoms with Crippen LogP contribution < -0.4 is 16.2 Å². The Labute approximate surface area is 169 Å². The highest BCUT2D eigenvalue weighted by Gasteiger charge is 2.15. The zero-order valence-corrected chi connectivity index (χ0v) is 15.4. The fraction of sp³-hybridized carbons (Fsp3) is 0. The van der Waals surface area contributed by atoms with Crippen LogP contribution in [0.5, 0.6) is 5.75 Å². The minimum Gasteiger partial charge on any atom is -0.478 e. The molecule has 30 heavy (non-hydrogen) atoms. The smallest absolute Gasteiger partial charge is 0.337 e. The molecule has 0 unspecified atom stereocenters. The fourth-order valence-electron chi connectivity index (χ4n) is 2.99. The van der Waals surface area contributed by atoms with E-state index in [1.165, 1.54) is 17.0 Å². The predicted octanol–water partition coefficient (Wildman–Crippen LogP) is 2.69. The molecule has 0 fully saturated rings. The van der Waals surface area contributed by atoms with Gasteiger partial charge < -0.3 is 21.3 Å². The molecule has 0 saturated heterocycles. The van der Waals surface area contributed by atoms with Crippen LogP contribution in [0.25, 0.3) is 21.8 Å². The van der Waals surface area contributed by atoms with Crippen LogP contribution in [0, 0.1) is 11.5 Å². The summed E-state index contributed by atoms with van der Waals surface area (Å²) in [6.45, 7) is 0. The maximum Gasteiger partial charge on any atom is 0.337 e. The molecule has 5 N–H and O–H groups in total. The summed E-state index contributed by atoms with van der Waals surface area (Å²) in [6, 6.07) is 12.4. The Bertz CT molecular complexity index is 1280. The third kappa shape index (κ3) is 3.63. The van der Waals surface area contributed by atoms with Gasteiger partial charge in [0.05, 0.1) is 22.8 Å². The molecule has 10 heteroatoms. The molecule has 4 rings (SSSR count). The number of aromatic carboxylic acids is 1. The number of ether oxygens (including phenoxy) is 1. The Morgan fingerprint density at radius 2 is 1.37 bits per heavy atom. The van der Waals surface area contributed by atoms with Gasteiger partial charge in [-0.15, -0.1) is 5.26 Å². The molecule has 4 aromatic rings. The molecule has 2 aromatic heterocycles. The Kier molecular flexibility index (Phi) is 5.37. The summed E-state index contributed by atoms with van der Waals surface area (Å²) >= 11 is 0. The number of carbonyl (C=O) groups is 3. The largest absolute Gasteiger partial charge is 0.478 e. The Hall–Kier alpha value is -4.78. The van der Waals surface area contributed by atoms with Crippen LogP contribution in [0.3, 0.4) is 0 Å². The molecule has 0 radical (unpaired) electrons. The number of para-hydroxylation sites is 2. The van der Waals surface area contributed by atoms with E-state index in [-0.39, 0.29) is 5.56 Å². The number of fused-ring (bicyclic) bond motifs is 2. The van der Waals surface area contributed by atoms with Crippen LogP contribution in [0.15, 0.2) is 60.9 Å². The average molecular weight is 405 g/mol. The van der Waals surface area contributed by atoms with Crippen molar-refractivity contribution in [1.29, 1.82) is 5.26 Å². The van der Waals surface area contributed by atoms with Gasteiger partial charge in [-0.1, -0.05) is 30.3 Å². The van der Waals surface area contributed by atoms with Crippen LogP contribution in [0.2, 0.25) is 0 Å². The number of nitrogens with zero attached hydrogens (tertiary/aromatic N) is 3. The van der Waals surface area contributed by atoms with E-state index in [2.05, 4.69) is 0 Å². The van der Waals surface area contributed by atoms with E-state index in [1.54, 1.807) is 54.8 Å². The van der Waals surface area contributed by atoms with Crippen molar-refractivity contribution in [2.75, 3.05) is 0 Å². The zero-order chi connectivity index (χ0) is 21.8. The topological polar surface area (TPSA) is 166 Å². The van der Waals surface area contributed by atoms with Crippen molar-refractivity contribution in [3.05, 3.63) is 66.5 Å². The molecule has 0 saturated carbocycles. The third-order valence-corrected chi connectivity index (χ3v) is 4.25. The number of benzene rings is 2. The maximum atomic E-state index is 11.1. The number of nitriles is 1. The van der Waals surface area contributed by atoms with Crippen molar-refractivity contribution >= 4 is 39.8 Å². The molecule has 0 atom stereocenters. The highest BCUT2D eigenvalue weighted by Crippen LogP contribution is 2.27. The SMILES string of the molecule is N#COc1cn(C(N)=O)c2ccccc12.NC(=O)n1cc(C(=O)O)c2ccccc21. The van der Waals surface area contributed by atoms with Crippen molar-refractivity contribution in [2.24, 2.45) is 11.5 Å². The van der Waals surface area contributed by atoms with Gasteiger partial charge in [0.2, 0.25) is 0 Å². The lowest BCUT2D eigenvalue weighted by Crippen LogP contribution is -2.18. The number of amides is 2. The Morgan fingerprint density at radius 3 is 1.90 bits per heavy atom. The predicted molar refractivity (Wildman–Crippen MR) is 107 cm³/mol. The fourth-order valence-corrected chi connectivity index (χ4v) is 2.99. The van der Waals surface area contributed by atoms with Crippen molar-refractivity contribution in [3.63, 3.8) is 0 Å². The Morgan fingerprint density at radius 1 is 0.867 bits per heavy atom. The first-order valence-electron chi connectivity index (χ1n) is 8.44. The van der Waals surface area contributed by atoms with E-state index in [4.69, 9.17) is 26.6 Å². The van der Waals surface area contributed by atoms with Gasteiger partial charge in [0.25, 0.3) is 6.26 Å². The van der Waals surface area contributed by atoms with Crippen LogP contribution in [-0.2, 0) is 0 Å². The third-order valence-electron chi connectivity index (χ3n) is 4.25. The second kappa shape index (κ2) is 8.07. The summed E-state index contributed by atoms with van der Waals surface area (Å²) in [5.74, 6) is -0.752. The van der Waals surface area contributed by atoms with Crippen LogP contribution in [0.1, 0.15) is 10.4 Å². The lowest BCUT2D eigenvalue weighted by atomic mass is 10.2. The van der Waals surface area contributed by atoms with E-state index in [1.807, 2.05) is 0 Å². The van der Waals surface area contributed by atoms with Gasteiger partial charge in [-0.3, -0.25) is 9.13 Å². The highest BCUT2D eigenvalue weighted by atomic mass is 16.5. The minimum absolute atomic E-state index is 0.0735. The molecular weight excluding hydrogens is 390 g/mol. The van der Waals surface area contributed by atoms with Crippen molar-refractivity contribution in [2.45, 2.75) is 0 Å². The van der Waals surface area contributed by atoms with Gasteiger partial charge in [-0.05, 0) is 18.2 Å². The maximum absolute atomic E-state index is 11.1. The van der Waals surface area contributed by atoms with E-state index in [0.717, 1.165) is 4.57 Å². The number of carbonyl (C=O) groups excluding carboxylic acids is 2.